The van der Waals surface area contributed by atoms with Crippen LogP contribution in [-0.2, 0) is 0 Å². The maximum atomic E-state index is 11.2. The summed E-state index contributed by atoms with van der Waals surface area (Å²) in [6.45, 7) is 1.16. The maximum absolute atomic E-state index is 11.2. The summed E-state index contributed by atoms with van der Waals surface area (Å²) in [5, 5.41) is 7.31. The topological polar surface area (TPSA) is 70.1 Å². The first-order valence-electron chi connectivity index (χ1n) is 7.92. The number of benzene rings is 1. The van der Waals surface area contributed by atoms with E-state index < -0.39 is 5.76 Å². The summed E-state index contributed by atoms with van der Waals surface area (Å²) >= 11 is 0. The largest absolute Gasteiger partial charge is 0.417 e. The van der Waals surface area contributed by atoms with E-state index in [2.05, 4.69) is 15.6 Å². The Labute approximate surface area is 123 Å². The zero-order valence-corrected chi connectivity index (χ0v) is 12.0. The van der Waals surface area contributed by atoms with Crippen LogP contribution in [0.4, 0.5) is 5.69 Å². The van der Waals surface area contributed by atoms with Gasteiger partial charge in [0.2, 0.25) is 0 Å². The quantitative estimate of drug-likeness (QED) is 0.811. The third-order valence-corrected chi connectivity index (χ3v) is 4.96. The summed E-state index contributed by atoms with van der Waals surface area (Å²) in [4.78, 5) is 13.9. The number of oxazole rings is 1. The minimum absolute atomic E-state index is 0.393. The Kier molecular flexibility index (Phi) is 3.22. The van der Waals surface area contributed by atoms with E-state index >= 15 is 0 Å². The van der Waals surface area contributed by atoms with Gasteiger partial charge in [-0.25, -0.2) is 4.79 Å². The Morgan fingerprint density at radius 2 is 2.14 bits per heavy atom. The van der Waals surface area contributed by atoms with Crippen molar-refractivity contribution in [2.24, 2.45) is 5.92 Å². The average Bonchev–Trinajstić information content (AvgIpc) is 3.16. The lowest BCUT2D eigenvalue weighted by molar-refractivity contribution is 0.376. The molecular formula is C16H21N3O2. The lowest BCUT2D eigenvalue weighted by Crippen LogP contribution is -2.38. The summed E-state index contributed by atoms with van der Waals surface area (Å²) in [5.41, 5.74) is 2.44. The van der Waals surface area contributed by atoms with Crippen molar-refractivity contribution in [1.29, 1.82) is 0 Å². The second-order valence-corrected chi connectivity index (χ2v) is 6.27. The molecule has 1 aromatic heterocycles. The van der Waals surface area contributed by atoms with Crippen molar-refractivity contribution in [3.8, 4) is 0 Å². The van der Waals surface area contributed by atoms with Crippen LogP contribution in [0.1, 0.15) is 32.1 Å². The second kappa shape index (κ2) is 5.22. The molecule has 112 valence electrons. The molecule has 2 heterocycles. The van der Waals surface area contributed by atoms with Crippen molar-refractivity contribution in [2.75, 3.05) is 11.9 Å². The van der Waals surface area contributed by atoms with E-state index in [0.29, 0.717) is 23.6 Å². The van der Waals surface area contributed by atoms with Crippen LogP contribution in [0.3, 0.4) is 0 Å². The van der Waals surface area contributed by atoms with Crippen molar-refractivity contribution < 1.29 is 4.42 Å². The van der Waals surface area contributed by atoms with Crippen LogP contribution < -0.4 is 16.4 Å². The summed E-state index contributed by atoms with van der Waals surface area (Å²) in [7, 11) is 0. The van der Waals surface area contributed by atoms with Crippen molar-refractivity contribution in [3.05, 3.63) is 28.7 Å². The molecule has 0 bridgehead atoms. The highest BCUT2D eigenvalue weighted by Gasteiger charge is 2.34. The molecule has 1 saturated heterocycles. The van der Waals surface area contributed by atoms with Crippen LogP contribution in [0.15, 0.2) is 27.4 Å². The Bertz CT molecular complexity index is 684. The van der Waals surface area contributed by atoms with E-state index in [9.17, 15) is 4.79 Å². The van der Waals surface area contributed by atoms with Crippen LogP contribution in [0.2, 0.25) is 0 Å². The van der Waals surface area contributed by atoms with Crippen LogP contribution in [0.5, 0.6) is 0 Å². The molecule has 3 unspecified atom stereocenters. The van der Waals surface area contributed by atoms with Gasteiger partial charge in [0.15, 0.2) is 5.58 Å². The van der Waals surface area contributed by atoms with Crippen LogP contribution in [0.25, 0.3) is 11.1 Å². The number of anilines is 1. The summed E-state index contributed by atoms with van der Waals surface area (Å²) in [6, 6.07) is 7.01. The minimum atomic E-state index is -0.393. The predicted octanol–water partition coefficient (Wildman–Crippen LogP) is 2.45. The first kappa shape index (κ1) is 13.0. The van der Waals surface area contributed by atoms with Gasteiger partial charge in [-0.15, -0.1) is 0 Å². The number of fused-ring (bicyclic) bond motifs is 1. The molecule has 3 N–H and O–H groups in total. The normalized spacial score (nSPS) is 29.2. The summed E-state index contributed by atoms with van der Waals surface area (Å²) in [6.07, 6.45) is 6.43. The molecule has 0 amide bonds. The standard InChI is InChI=1S/C16H21N3O2/c20-16-19-14-9-10(6-7-15(14)21-16)18-13-4-1-3-11(13)12-5-2-8-17-12/h6-7,9,11-13,17-18H,1-5,8H2,(H,19,20). The van der Waals surface area contributed by atoms with Gasteiger partial charge >= 0.3 is 5.76 Å². The molecule has 2 aliphatic rings. The van der Waals surface area contributed by atoms with Crippen LogP contribution in [0, 0.1) is 5.92 Å². The maximum Gasteiger partial charge on any atom is 0.417 e. The Morgan fingerprint density at radius 1 is 1.19 bits per heavy atom. The SMILES string of the molecule is O=c1[nH]c2cc(NC3CCCC3C3CCCN3)ccc2o1. The molecule has 1 saturated carbocycles. The number of H-pyrrole nitrogens is 1. The molecule has 2 aromatic rings. The van der Waals surface area contributed by atoms with Gasteiger partial charge in [0.25, 0.3) is 0 Å². The smallest absolute Gasteiger partial charge is 0.408 e. The zero-order chi connectivity index (χ0) is 14.2. The molecule has 2 fully saturated rings. The van der Waals surface area contributed by atoms with Crippen LogP contribution >= 0.6 is 0 Å². The molecule has 1 aromatic carbocycles. The molecule has 1 aliphatic heterocycles. The Hall–Kier alpha value is -1.75. The number of rotatable bonds is 3. The number of nitrogens with one attached hydrogen (secondary N) is 3. The minimum Gasteiger partial charge on any atom is -0.408 e. The summed E-state index contributed by atoms with van der Waals surface area (Å²) < 4.78 is 5.05. The van der Waals surface area contributed by atoms with Gasteiger partial charge in [-0.05, 0) is 56.3 Å². The Balaban J connectivity index is 1.53. The van der Waals surface area contributed by atoms with E-state index in [1.807, 2.05) is 18.2 Å². The first-order chi connectivity index (χ1) is 10.3. The predicted molar refractivity (Wildman–Crippen MR) is 82.6 cm³/mol. The number of aromatic nitrogens is 1. The van der Waals surface area contributed by atoms with E-state index in [4.69, 9.17) is 4.42 Å². The molecule has 21 heavy (non-hydrogen) atoms. The van der Waals surface area contributed by atoms with E-state index in [-0.39, 0.29) is 0 Å². The molecule has 3 atom stereocenters. The van der Waals surface area contributed by atoms with Gasteiger partial charge in [0.05, 0.1) is 5.52 Å². The second-order valence-electron chi connectivity index (χ2n) is 6.27. The molecule has 5 nitrogen and oxygen atoms in total. The number of aromatic amines is 1. The molecular weight excluding hydrogens is 266 g/mol. The fraction of sp³-hybridized carbons (Fsp3) is 0.562. The number of hydrogen-bond acceptors (Lipinski definition) is 4. The Morgan fingerprint density at radius 3 is 3.00 bits per heavy atom. The van der Waals surface area contributed by atoms with E-state index in [0.717, 1.165) is 17.7 Å². The highest BCUT2D eigenvalue weighted by Crippen LogP contribution is 2.34. The van der Waals surface area contributed by atoms with Crippen LogP contribution in [-0.4, -0.2) is 23.6 Å². The van der Waals surface area contributed by atoms with Crippen molar-refractivity contribution >= 4 is 16.8 Å². The lowest BCUT2D eigenvalue weighted by Gasteiger charge is -2.27. The van der Waals surface area contributed by atoms with Crippen molar-refractivity contribution in [1.82, 2.24) is 10.3 Å². The third kappa shape index (κ3) is 2.46. The molecule has 4 rings (SSSR count). The average molecular weight is 287 g/mol. The highest BCUT2D eigenvalue weighted by molar-refractivity contribution is 5.76. The lowest BCUT2D eigenvalue weighted by atomic mass is 9.93. The van der Waals surface area contributed by atoms with Gasteiger partial charge in [-0.3, -0.25) is 4.98 Å². The van der Waals surface area contributed by atoms with E-state index in [1.54, 1.807) is 0 Å². The first-order valence-corrected chi connectivity index (χ1v) is 7.92. The fourth-order valence-electron chi connectivity index (χ4n) is 3.98. The fourth-order valence-corrected chi connectivity index (χ4v) is 3.98. The third-order valence-electron chi connectivity index (χ3n) is 4.96. The van der Waals surface area contributed by atoms with Gasteiger partial charge in [-0.1, -0.05) is 6.42 Å². The highest BCUT2D eigenvalue weighted by atomic mass is 16.4. The van der Waals surface area contributed by atoms with Gasteiger partial charge in [-0.2, -0.15) is 0 Å². The van der Waals surface area contributed by atoms with Gasteiger partial charge in [0, 0.05) is 17.8 Å². The van der Waals surface area contributed by atoms with E-state index in [1.165, 1.54) is 32.1 Å². The monoisotopic (exact) mass is 287 g/mol. The molecule has 5 heteroatoms. The van der Waals surface area contributed by atoms with Crippen molar-refractivity contribution in [2.45, 2.75) is 44.2 Å². The van der Waals surface area contributed by atoms with Crippen molar-refractivity contribution in [3.63, 3.8) is 0 Å². The molecule has 1 aliphatic carbocycles. The molecule has 0 radical (unpaired) electrons. The van der Waals surface area contributed by atoms with Gasteiger partial charge in [0.1, 0.15) is 0 Å². The summed E-state index contributed by atoms with van der Waals surface area (Å²) in [5.74, 6) is 0.322. The zero-order valence-electron chi connectivity index (χ0n) is 12.0. The van der Waals surface area contributed by atoms with Gasteiger partial charge < -0.3 is 15.1 Å². The number of hydrogen-bond donors (Lipinski definition) is 3. The molecule has 0 spiro atoms.